The lowest BCUT2D eigenvalue weighted by Gasteiger charge is -2.28. The monoisotopic (exact) mass is 517 g/mol. The van der Waals surface area contributed by atoms with Crippen molar-refractivity contribution in [3.05, 3.63) is 75.4 Å². The minimum atomic E-state index is -0.332. The van der Waals surface area contributed by atoms with Gasteiger partial charge in [-0.25, -0.2) is 0 Å². The number of ether oxygens (including phenoxy) is 1. The minimum Gasteiger partial charge on any atom is -0.494 e. The number of amides is 1. The fourth-order valence-electron chi connectivity index (χ4n) is 5.05. The molecule has 2 aromatic heterocycles. The van der Waals surface area contributed by atoms with E-state index in [2.05, 4.69) is 4.90 Å². The van der Waals surface area contributed by atoms with E-state index in [1.807, 2.05) is 30.3 Å². The number of likely N-dealkylation sites (tertiary alicyclic amines) is 1. The van der Waals surface area contributed by atoms with Gasteiger partial charge in [0.15, 0.2) is 11.5 Å². The molecule has 0 aliphatic carbocycles. The van der Waals surface area contributed by atoms with Gasteiger partial charge < -0.3 is 14.5 Å². The van der Waals surface area contributed by atoms with E-state index >= 15 is 0 Å². The molecule has 5 rings (SSSR count). The zero-order chi connectivity index (χ0) is 25.9. The predicted octanol–water partition coefficient (Wildman–Crippen LogP) is 4.67. The van der Waals surface area contributed by atoms with Crippen LogP contribution in [0, 0.1) is 0 Å². The number of hydrogen-bond donors (Lipinski definition) is 0. The number of aromatic nitrogens is 1. The molecule has 0 bridgehead atoms. The van der Waals surface area contributed by atoms with Crippen LogP contribution in [0.3, 0.4) is 0 Å². The summed E-state index contributed by atoms with van der Waals surface area (Å²) in [5.41, 5.74) is 0.869. The molecule has 37 heavy (non-hydrogen) atoms. The number of methoxy groups -OCH3 is 1. The van der Waals surface area contributed by atoms with Gasteiger partial charge in [0, 0.05) is 31.1 Å². The molecular formula is C29H31N3O4S. The van der Waals surface area contributed by atoms with E-state index in [4.69, 9.17) is 4.74 Å². The second kappa shape index (κ2) is 10.9. The molecule has 1 saturated heterocycles. The molecule has 8 heteroatoms. The Labute approximate surface area is 219 Å². The first-order valence-electron chi connectivity index (χ1n) is 12.7. The van der Waals surface area contributed by atoms with E-state index in [0.717, 1.165) is 25.0 Å². The third-order valence-corrected chi connectivity index (χ3v) is 8.30. The maximum Gasteiger partial charge on any atom is 0.267 e. The van der Waals surface area contributed by atoms with E-state index < -0.39 is 0 Å². The maximum atomic E-state index is 13.8. The third kappa shape index (κ3) is 4.91. The van der Waals surface area contributed by atoms with E-state index in [0.29, 0.717) is 32.6 Å². The Bertz CT molecular complexity index is 1500. The van der Waals surface area contributed by atoms with Crippen molar-refractivity contribution in [3.8, 4) is 5.75 Å². The zero-order valence-electron chi connectivity index (χ0n) is 21.2. The Morgan fingerprint density at radius 1 is 1.00 bits per heavy atom. The van der Waals surface area contributed by atoms with Gasteiger partial charge in [-0.3, -0.25) is 19.0 Å². The molecule has 0 unspecified atom stereocenters. The van der Waals surface area contributed by atoms with Gasteiger partial charge in [-0.05, 0) is 32.0 Å². The van der Waals surface area contributed by atoms with Gasteiger partial charge in [-0.2, -0.15) is 0 Å². The Morgan fingerprint density at radius 3 is 2.43 bits per heavy atom. The minimum absolute atomic E-state index is 0.0999. The molecule has 1 aliphatic heterocycles. The smallest absolute Gasteiger partial charge is 0.267 e. The molecule has 1 fully saturated rings. The molecule has 0 spiro atoms. The van der Waals surface area contributed by atoms with Crippen molar-refractivity contribution in [2.24, 2.45) is 0 Å². The number of Topliss-reactive ketones (excluding diaryl/α,β-unsaturated/α-hetero) is 1. The topological polar surface area (TPSA) is 71.8 Å². The van der Waals surface area contributed by atoms with E-state index in [1.54, 1.807) is 36.2 Å². The Kier molecular flexibility index (Phi) is 7.39. The number of rotatable bonds is 8. The molecule has 1 aliphatic rings. The SMILES string of the molecule is COc1c(C(=O)N(C)CCN2CCCCC2)sc2c1c(=O)n(CC(=O)c1ccccc1)c1ccccc21. The van der Waals surface area contributed by atoms with Crippen molar-refractivity contribution in [2.45, 2.75) is 25.8 Å². The number of likely N-dealkylation sites (N-methyl/N-ethyl adjacent to an activating group) is 1. The summed E-state index contributed by atoms with van der Waals surface area (Å²) < 4.78 is 7.89. The van der Waals surface area contributed by atoms with Crippen molar-refractivity contribution in [1.29, 1.82) is 0 Å². The van der Waals surface area contributed by atoms with Crippen molar-refractivity contribution in [1.82, 2.24) is 14.4 Å². The average molecular weight is 518 g/mol. The first-order valence-corrected chi connectivity index (χ1v) is 13.5. The van der Waals surface area contributed by atoms with Gasteiger partial charge in [0.25, 0.3) is 11.5 Å². The van der Waals surface area contributed by atoms with Gasteiger partial charge in [0.05, 0.1) is 23.9 Å². The number of hydrogen-bond acceptors (Lipinski definition) is 6. The molecule has 192 valence electrons. The van der Waals surface area contributed by atoms with Crippen LogP contribution in [0.4, 0.5) is 0 Å². The summed E-state index contributed by atoms with van der Waals surface area (Å²) in [6.07, 6.45) is 3.68. The van der Waals surface area contributed by atoms with Crippen molar-refractivity contribution >= 4 is 44.0 Å². The first-order chi connectivity index (χ1) is 18.0. The third-order valence-electron chi connectivity index (χ3n) is 7.11. The molecular weight excluding hydrogens is 486 g/mol. The van der Waals surface area contributed by atoms with E-state index in [1.165, 1.54) is 42.3 Å². The number of pyridine rings is 1. The number of ketones is 1. The molecule has 0 saturated carbocycles. The Morgan fingerprint density at radius 2 is 1.70 bits per heavy atom. The van der Waals surface area contributed by atoms with Gasteiger partial charge in [0.1, 0.15) is 10.3 Å². The number of thiophene rings is 1. The van der Waals surface area contributed by atoms with Crippen molar-refractivity contribution in [2.75, 3.05) is 40.3 Å². The molecule has 1 amide bonds. The number of benzene rings is 2. The Hall–Kier alpha value is -3.49. The van der Waals surface area contributed by atoms with Gasteiger partial charge >= 0.3 is 0 Å². The first kappa shape index (κ1) is 25.2. The number of para-hydroxylation sites is 1. The summed E-state index contributed by atoms with van der Waals surface area (Å²) in [6, 6.07) is 16.5. The summed E-state index contributed by atoms with van der Waals surface area (Å²) in [7, 11) is 3.28. The number of piperidine rings is 1. The zero-order valence-corrected chi connectivity index (χ0v) is 22.1. The van der Waals surface area contributed by atoms with Crippen LogP contribution in [0.2, 0.25) is 0 Å². The highest BCUT2D eigenvalue weighted by molar-refractivity contribution is 7.22. The quantitative estimate of drug-likeness (QED) is 0.318. The highest BCUT2D eigenvalue weighted by Crippen LogP contribution is 2.40. The molecule has 2 aromatic carbocycles. The number of carbonyl (C=O) groups is 2. The molecule has 0 N–H and O–H groups in total. The van der Waals surface area contributed by atoms with Crippen LogP contribution in [-0.2, 0) is 6.54 Å². The normalized spacial score (nSPS) is 14.2. The van der Waals surface area contributed by atoms with Crippen LogP contribution in [0.1, 0.15) is 39.3 Å². The number of nitrogens with zero attached hydrogens (tertiary/aromatic N) is 3. The molecule has 0 atom stereocenters. The van der Waals surface area contributed by atoms with Gasteiger partial charge in [0.2, 0.25) is 0 Å². The van der Waals surface area contributed by atoms with Crippen molar-refractivity contribution < 1.29 is 14.3 Å². The lowest BCUT2D eigenvalue weighted by atomic mass is 10.1. The summed E-state index contributed by atoms with van der Waals surface area (Å²) in [5.74, 6) is -0.0351. The molecule has 0 radical (unpaired) electrons. The van der Waals surface area contributed by atoms with Gasteiger partial charge in [-0.1, -0.05) is 55.0 Å². The number of carbonyl (C=O) groups excluding carboxylic acids is 2. The fraction of sp³-hybridized carbons (Fsp3) is 0.345. The predicted molar refractivity (Wildman–Crippen MR) is 148 cm³/mol. The van der Waals surface area contributed by atoms with Crippen LogP contribution in [0.5, 0.6) is 5.75 Å². The van der Waals surface area contributed by atoms with Crippen molar-refractivity contribution in [3.63, 3.8) is 0 Å². The highest BCUT2D eigenvalue weighted by atomic mass is 32.1. The average Bonchev–Trinajstić information content (AvgIpc) is 3.34. The standard InChI is InChI=1S/C29H31N3O4S/c1-30(17-18-31-15-9-4-10-16-31)29(35)27-25(36-2)24-26(37-27)21-13-7-8-14-22(21)32(28(24)34)19-23(33)20-11-5-3-6-12-20/h3,5-8,11-14H,4,9-10,15-19H2,1-2H3. The summed E-state index contributed by atoms with van der Waals surface area (Å²) >= 11 is 1.29. The fourth-order valence-corrected chi connectivity index (χ4v) is 6.34. The lowest BCUT2D eigenvalue weighted by molar-refractivity contribution is 0.0774. The van der Waals surface area contributed by atoms with Gasteiger partial charge in [-0.15, -0.1) is 11.3 Å². The highest BCUT2D eigenvalue weighted by Gasteiger charge is 2.27. The molecule has 4 aromatic rings. The van der Waals surface area contributed by atoms with Crippen LogP contribution < -0.4 is 10.3 Å². The second-order valence-electron chi connectivity index (χ2n) is 9.50. The summed E-state index contributed by atoms with van der Waals surface area (Å²) in [5, 5.41) is 1.16. The van der Waals surface area contributed by atoms with Crippen LogP contribution in [-0.4, -0.2) is 66.4 Å². The molecule has 3 heterocycles. The lowest BCUT2D eigenvalue weighted by Crippen LogP contribution is -2.38. The van der Waals surface area contributed by atoms with Crippen LogP contribution in [0.15, 0.2) is 59.4 Å². The number of fused-ring (bicyclic) bond motifs is 3. The second-order valence-corrected chi connectivity index (χ2v) is 10.5. The Balaban J connectivity index is 1.55. The summed E-state index contributed by atoms with van der Waals surface area (Å²) in [4.78, 5) is 44.9. The largest absolute Gasteiger partial charge is 0.494 e. The summed E-state index contributed by atoms with van der Waals surface area (Å²) in [6.45, 7) is 3.47. The van der Waals surface area contributed by atoms with E-state index in [9.17, 15) is 14.4 Å². The maximum absolute atomic E-state index is 13.8. The van der Waals surface area contributed by atoms with Crippen LogP contribution >= 0.6 is 11.3 Å². The van der Waals surface area contributed by atoms with E-state index in [-0.39, 0.29) is 29.5 Å². The molecule has 7 nitrogen and oxygen atoms in total. The van der Waals surface area contributed by atoms with Crippen LogP contribution in [0.25, 0.3) is 21.0 Å².